The largest absolute Gasteiger partial charge is 0.367 e. The summed E-state index contributed by atoms with van der Waals surface area (Å²) < 4.78 is 0. The summed E-state index contributed by atoms with van der Waals surface area (Å²) in [6, 6.07) is 0.562. The van der Waals surface area contributed by atoms with Crippen molar-refractivity contribution in [2.24, 2.45) is 5.41 Å². The van der Waals surface area contributed by atoms with E-state index in [1.807, 2.05) is 25.8 Å². The van der Waals surface area contributed by atoms with E-state index in [-0.39, 0.29) is 11.5 Å². The van der Waals surface area contributed by atoms with Crippen LogP contribution in [0.3, 0.4) is 0 Å². The predicted octanol–water partition coefficient (Wildman–Crippen LogP) is 1.64. The number of carbonyl (C=O) groups is 1. The number of nitrogens with one attached hydrogen (secondary N) is 1. The molecule has 0 aliphatic carbocycles. The third-order valence-electron chi connectivity index (χ3n) is 4.76. The first-order chi connectivity index (χ1) is 9.71. The van der Waals surface area contributed by atoms with Gasteiger partial charge in [-0.05, 0) is 47.5 Å². The zero-order chi connectivity index (χ0) is 15.7. The van der Waals surface area contributed by atoms with Gasteiger partial charge in [0.25, 0.3) is 0 Å². The molecule has 0 saturated carbocycles. The number of hydroxylamine groups is 2. The Morgan fingerprint density at radius 3 is 2.38 bits per heavy atom. The second-order valence-electron chi connectivity index (χ2n) is 7.86. The molecule has 0 spiro atoms. The van der Waals surface area contributed by atoms with E-state index in [2.05, 4.69) is 24.1 Å². The van der Waals surface area contributed by atoms with E-state index in [0.29, 0.717) is 6.04 Å². The van der Waals surface area contributed by atoms with Crippen molar-refractivity contribution in [3.05, 3.63) is 0 Å². The molecule has 0 bridgehead atoms. The molecule has 2 saturated heterocycles. The molecule has 0 aromatic heterocycles. The molecule has 0 amide bonds. The molecule has 2 rings (SSSR count). The molecule has 1 atom stereocenters. The topological polar surface area (TPSA) is 44.8 Å². The van der Waals surface area contributed by atoms with Crippen LogP contribution in [0.25, 0.3) is 0 Å². The van der Waals surface area contributed by atoms with Crippen LogP contribution in [-0.2, 0) is 9.63 Å². The Balaban J connectivity index is 1.86. The predicted molar refractivity (Wildman–Crippen MR) is 83.8 cm³/mol. The Morgan fingerprint density at radius 1 is 1.24 bits per heavy atom. The first kappa shape index (κ1) is 16.7. The SMILES string of the molecule is C[C@H]1CN(C2(C)CCN(OC(=O)C(C)(C)C)CC2)CCN1. The fraction of sp³-hybridized carbons (Fsp3) is 0.938. The van der Waals surface area contributed by atoms with Gasteiger partial charge in [-0.2, -0.15) is 0 Å². The van der Waals surface area contributed by atoms with E-state index in [0.717, 1.165) is 45.6 Å². The average molecular weight is 297 g/mol. The van der Waals surface area contributed by atoms with Crippen LogP contribution in [0, 0.1) is 5.41 Å². The van der Waals surface area contributed by atoms with Crippen molar-refractivity contribution in [1.29, 1.82) is 0 Å². The van der Waals surface area contributed by atoms with Crippen LogP contribution >= 0.6 is 0 Å². The molecule has 21 heavy (non-hydrogen) atoms. The lowest BCUT2D eigenvalue weighted by Crippen LogP contribution is -2.61. The Morgan fingerprint density at radius 2 is 1.86 bits per heavy atom. The number of hydrogen-bond donors (Lipinski definition) is 1. The molecule has 5 heteroatoms. The molecule has 2 aliphatic rings. The minimum Gasteiger partial charge on any atom is -0.367 e. The number of nitrogens with zero attached hydrogens (tertiary/aromatic N) is 2. The maximum absolute atomic E-state index is 12.0. The van der Waals surface area contributed by atoms with Crippen molar-refractivity contribution in [3.63, 3.8) is 0 Å². The molecule has 0 aromatic rings. The van der Waals surface area contributed by atoms with Gasteiger partial charge in [0.15, 0.2) is 0 Å². The first-order valence-corrected chi connectivity index (χ1v) is 8.16. The second kappa shape index (κ2) is 6.23. The highest BCUT2D eigenvalue weighted by molar-refractivity contribution is 5.75. The van der Waals surface area contributed by atoms with Gasteiger partial charge < -0.3 is 10.2 Å². The summed E-state index contributed by atoms with van der Waals surface area (Å²) in [4.78, 5) is 20.1. The standard InChI is InChI=1S/C16H31N3O2/c1-13-12-18(11-8-17-13)16(5)6-9-19(10-7-16)21-14(20)15(2,3)4/h13,17H,6-12H2,1-5H3/t13-/m0/s1. The maximum atomic E-state index is 12.0. The van der Waals surface area contributed by atoms with Crippen LogP contribution < -0.4 is 5.32 Å². The van der Waals surface area contributed by atoms with Crippen molar-refractivity contribution in [1.82, 2.24) is 15.3 Å². The van der Waals surface area contributed by atoms with Gasteiger partial charge in [0, 0.05) is 44.3 Å². The number of piperidine rings is 1. The molecule has 1 N–H and O–H groups in total. The van der Waals surface area contributed by atoms with E-state index in [9.17, 15) is 4.79 Å². The van der Waals surface area contributed by atoms with E-state index in [1.54, 1.807) is 0 Å². The maximum Gasteiger partial charge on any atom is 0.330 e. The molecular formula is C16H31N3O2. The van der Waals surface area contributed by atoms with Gasteiger partial charge in [0.2, 0.25) is 0 Å². The lowest BCUT2D eigenvalue weighted by molar-refractivity contribution is -0.210. The van der Waals surface area contributed by atoms with E-state index in [1.165, 1.54) is 0 Å². The van der Waals surface area contributed by atoms with Gasteiger partial charge in [0.1, 0.15) is 0 Å². The Hall–Kier alpha value is -0.650. The molecule has 5 nitrogen and oxygen atoms in total. The fourth-order valence-corrected chi connectivity index (χ4v) is 3.05. The molecule has 2 heterocycles. The zero-order valence-electron chi connectivity index (χ0n) is 14.2. The van der Waals surface area contributed by atoms with Gasteiger partial charge in [-0.25, -0.2) is 4.79 Å². The van der Waals surface area contributed by atoms with Gasteiger partial charge in [-0.1, -0.05) is 0 Å². The lowest BCUT2D eigenvalue weighted by atomic mass is 9.87. The van der Waals surface area contributed by atoms with Crippen LogP contribution in [0.1, 0.15) is 47.5 Å². The molecular weight excluding hydrogens is 266 g/mol. The third kappa shape index (κ3) is 4.18. The third-order valence-corrected chi connectivity index (χ3v) is 4.76. The fourth-order valence-electron chi connectivity index (χ4n) is 3.05. The highest BCUT2D eigenvalue weighted by Gasteiger charge is 2.38. The highest BCUT2D eigenvalue weighted by Crippen LogP contribution is 2.30. The summed E-state index contributed by atoms with van der Waals surface area (Å²) >= 11 is 0. The van der Waals surface area contributed by atoms with E-state index >= 15 is 0 Å². The summed E-state index contributed by atoms with van der Waals surface area (Å²) in [6.45, 7) is 15.2. The van der Waals surface area contributed by atoms with E-state index < -0.39 is 5.41 Å². The van der Waals surface area contributed by atoms with Gasteiger partial charge in [0.05, 0.1) is 5.41 Å². The van der Waals surface area contributed by atoms with Crippen molar-refractivity contribution in [2.45, 2.75) is 59.0 Å². The summed E-state index contributed by atoms with van der Waals surface area (Å²) in [5.74, 6) is -0.137. The zero-order valence-corrected chi connectivity index (χ0v) is 14.2. The first-order valence-electron chi connectivity index (χ1n) is 8.16. The van der Waals surface area contributed by atoms with Crippen molar-refractivity contribution in [3.8, 4) is 0 Å². The minimum atomic E-state index is -0.436. The van der Waals surface area contributed by atoms with Gasteiger partial charge in [-0.15, -0.1) is 5.06 Å². The van der Waals surface area contributed by atoms with E-state index in [4.69, 9.17) is 4.84 Å². The normalized spacial score (nSPS) is 28.3. The van der Waals surface area contributed by atoms with Crippen LogP contribution in [0.2, 0.25) is 0 Å². The summed E-state index contributed by atoms with van der Waals surface area (Å²) in [7, 11) is 0. The molecule has 122 valence electrons. The van der Waals surface area contributed by atoms with Crippen LogP contribution in [-0.4, -0.2) is 60.2 Å². The van der Waals surface area contributed by atoms with Crippen molar-refractivity contribution < 1.29 is 9.63 Å². The summed E-state index contributed by atoms with van der Waals surface area (Å²) in [5, 5.41) is 5.35. The molecule has 0 radical (unpaired) electrons. The van der Waals surface area contributed by atoms with Gasteiger partial charge >= 0.3 is 5.97 Å². The minimum absolute atomic E-state index is 0.137. The molecule has 0 unspecified atom stereocenters. The molecule has 2 fully saturated rings. The Kier molecular flexibility index (Phi) is 4.96. The van der Waals surface area contributed by atoms with Crippen molar-refractivity contribution in [2.75, 3.05) is 32.7 Å². The molecule has 0 aromatic carbocycles. The monoisotopic (exact) mass is 297 g/mol. The summed E-state index contributed by atoms with van der Waals surface area (Å²) in [5.41, 5.74) is -0.199. The second-order valence-corrected chi connectivity index (χ2v) is 7.86. The van der Waals surface area contributed by atoms with Crippen LogP contribution in [0.4, 0.5) is 0 Å². The number of rotatable bonds is 2. The number of carbonyl (C=O) groups excluding carboxylic acids is 1. The molecule has 2 aliphatic heterocycles. The number of piperazine rings is 1. The highest BCUT2D eigenvalue weighted by atomic mass is 16.7. The Labute approximate surface area is 129 Å². The Bertz CT molecular complexity index is 370. The van der Waals surface area contributed by atoms with Crippen LogP contribution in [0.15, 0.2) is 0 Å². The van der Waals surface area contributed by atoms with Crippen LogP contribution in [0.5, 0.6) is 0 Å². The average Bonchev–Trinajstić information content (AvgIpc) is 2.40. The lowest BCUT2D eigenvalue weighted by Gasteiger charge is -2.49. The quantitative estimate of drug-likeness (QED) is 0.839. The smallest absolute Gasteiger partial charge is 0.330 e. The number of hydrogen-bond acceptors (Lipinski definition) is 5. The summed E-state index contributed by atoms with van der Waals surface area (Å²) in [6.07, 6.45) is 2.11. The van der Waals surface area contributed by atoms with Crippen molar-refractivity contribution >= 4 is 5.97 Å². The van der Waals surface area contributed by atoms with Gasteiger partial charge in [-0.3, -0.25) is 4.90 Å².